The molecule has 3 amide bonds. The molecule has 1 unspecified atom stereocenters. The Morgan fingerprint density at radius 1 is 1.06 bits per heavy atom. The molecule has 0 fully saturated rings. The van der Waals surface area contributed by atoms with Crippen molar-refractivity contribution in [2.45, 2.75) is 58.5 Å². The number of ether oxygens (including phenoxy) is 1. The normalized spacial score (nSPS) is 12.9. The van der Waals surface area contributed by atoms with Crippen molar-refractivity contribution in [1.29, 1.82) is 0 Å². The summed E-state index contributed by atoms with van der Waals surface area (Å²) in [6, 6.07) is 11.7. The molecular weight excluding hydrogens is 438 g/mol. The van der Waals surface area contributed by atoms with Crippen LogP contribution in [0.2, 0.25) is 0 Å². The Balaban J connectivity index is 2.31. The van der Waals surface area contributed by atoms with Gasteiger partial charge in [0.1, 0.15) is 11.6 Å². The summed E-state index contributed by atoms with van der Waals surface area (Å²) < 4.78 is 5.52. The van der Waals surface area contributed by atoms with Crippen LogP contribution in [0.4, 0.5) is 4.79 Å². The summed E-state index contributed by atoms with van der Waals surface area (Å²) >= 11 is 0. The molecule has 0 radical (unpaired) electrons. The lowest BCUT2D eigenvalue weighted by molar-refractivity contribution is -0.185. The van der Waals surface area contributed by atoms with E-state index in [1.54, 1.807) is 20.8 Å². The smallest absolute Gasteiger partial charge is 0.329 e. The van der Waals surface area contributed by atoms with Gasteiger partial charge in [0.05, 0.1) is 6.54 Å². The van der Waals surface area contributed by atoms with E-state index in [9.17, 15) is 24.6 Å². The number of rotatable bonds is 9. The van der Waals surface area contributed by atoms with Crippen molar-refractivity contribution in [1.82, 2.24) is 10.2 Å². The van der Waals surface area contributed by atoms with E-state index in [0.29, 0.717) is 0 Å². The minimum Gasteiger partial charge on any atom is -0.458 e. The number of nitrogens with two attached hydrogens (primary N) is 1. The van der Waals surface area contributed by atoms with Gasteiger partial charge in [0.15, 0.2) is 0 Å². The average Bonchev–Trinajstić information content (AvgIpc) is 2.70. The fourth-order valence-electron chi connectivity index (χ4n) is 3.41. The van der Waals surface area contributed by atoms with E-state index >= 15 is 0 Å². The van der Waals surface area contributed by atoms with Gasteiger partial charge >= 0.3 is 12.0 Å². The maximum absolute atomic E-state index is 13.1. The number of amides is 3. The van der Waals surface area contributed by atoms with Gasteiger partial charge in [-0.3, -0.25) is 4.79 Å². The van der Waals surface area contributed by atoms with Crippen molar-refractivity contribution in [3.05, 3.63) is 48.0 Å². The molecule has 0 saturated carbocycles. The SMILES string of the molecule is CC(C)CN(CC(O)(O)C(N)=O)C(=O)NC(Cc1ccc2ccccc2c1)C(=O)OC(C)(C)C. The van der Waals surface area contributed by atoms with Crippen molar-refractivity contribution in [2.75, 3.05) is 13.1 Å². The van der Waals surface area contributed by atoms with Crippen LogP contribution in [-0.2, 0) is 20.7 Å². The van der Waals surface area contributed by atoms with Crippen molar-refractivity contribution in [3.63, 3.8) is 0 Å². The standard InChI is InChI=1S/C25H35N3O6/c1-16(2)14-28(15-25(32,33)22(26)30)23(31)27-20(21(29)34-24(3,4)5)13-17-10-11-18-8-6-7-9-19(18)12-17/h6-12,16,20,32-33H,13-15H2,1-5H3,(H2,26,30)(H,27,31). The molecule has 0 aliphatic rings. The Kier molecular flexibility index (Phi) is 8.63. The lowest BCUT2D eigenvalue weighted by Gasteiger charge is -2.31. The highest BCUT2D eigenvalue weighted by Gasteiger charge is 2.36. The largest absolute Gasteiger partial charge is 0.458 e. The number of carbonyl (C=O) groups excluding carboxylic acids is 3. The molecule has 5 N–H and O–H groups in total. The molecule has 2 rings (SSSR count). The number of nitrogens with zero attached hydrogens (tertiary/aromatic N) is 1. The zero-order valence-corrected chi connectivity index (χ0v) is 20.4. The summed E-state index contributed by atoms with van der Waals surface area (Å²) in [6.45, 7) is 8.17. The minimum absolute atomic E-state index is 0.0603. The van der Waals surface area contributed by atoms with Crippen LogP contribution < -0.4 is 11.1 Å². The average molecular weight is 474 g/mol. The number of urea groups is 1. The Labute approximate surface area is 199 Å². The number of aliphatic hydroxyl groups is 2. The highest BCUT2D eigenvalue weighted by atomic mass is 16.6. The fourth-order valence-corrected chi connectivity index (χ4v) is 3.41. The summed E-state index contributed by atoms with van der Waals surface area (Å²) in [5.74, 6) is -4.98. The first-order valence-electron chi connectivity index (χ1n) is 11.2. The second-order valence-corrected chi connectivity index (χ2v) is 9.88. The van der Waals surface area contributed by atoms with Gasteiger partial charge in [-0.05, 0) is 43.0 Å². The molecule has 0 aromatic heterocycles. The third-order valence-corrected chi connectivity index (χ3v) is 4.92. The van der Waals surface area contributed by atoms with Crippen molar-refractivity contribution >= 4 is 28.7 Å². The number of fused-ring (bicyclic) bond motifs is 1. The quantitative estimate of drug-likeness (QED) is 0.324. The molecule has 0 heterocycles. The lowest BCUT2D eigenvalue weighted by Crippen LogP contribution is -2.58. The van der Waals surface area contributed by atoms with E-state index in [4.69, 9.17) is 10.5 Å². The van der Waals surface area contributed by atoms with E-state index in [-0.39, 0.29) is 18.9 Å². The Morgan fingerprint density at radius 2 is 1.68 bits per heavy atom. The summed E-state index contributed by atoms with van der Waals surface area (Å²) in [6.07, 6.45) is 0.153. The number of hydrogen-bond donors (Lipinski definition) is 4. The van der Waals surface area contributed by atoms with Crippen LogP contribution in [0.25, 0.3) is 10.8 Å². The van der Waals surface area contributed by atoms with Gasteiger partial charge in [0, 0.05) is 13.0 Å². The molecule has 34 heavy (non-hydrogen) atoms. The third kappa shape index (κ3) is 8.00. The molecule has 0 aliphatic heterocycles. The van der Waals surface area contributed by atoms with Crippen LogP contribution in [0.15, 0.2) is 42.5 Å². The zero-order valence-electron chi connectivity index (χ0n) is 20.4. The number of primary amides is 1. The minimum atomic E-state index is -2.91. The first-order valence-corrected chi connectivity index (χ1v) is 11.2. The molecule has 2 aromatic rings. The third-order valence-electron chi connectivity index (χ3n) is 4.92. The molecule has 1 atom stereocenters. The van der Waals surface area contributed by atoms with Gasteiger partial charge in [-0.15, -0.1) is 0 Å². The maximum Gasteiger partial charge on any atom is 0.329 e. The van der Waals surface area contributed by atoms with Crippen LogP contribution in [0.3, 0.4) is 0 Å². The first kappa shape index (κ1) is 27.1. The molecule has 186 valence electrons. The fraction of sp³-hybridized carbons (Fsp3) is 0.480. The van der Waals surface area contributed by atoms with E-state index in [1.165, 1.54) is 0 Å². The zero-order chi connectivity index (χ0) is 25.7. The number of esters is 1. The number of benzene rings is 2. The van der Waals surface area contributed by atoms with Gasteiger partial charge in [-0.1, -0.05) is 56.3 Å². The Bertz CT molecular complexity index is 1030. The van der Waals surface area contributed by atoms with Gasteiger partial charge in [-0.25, -0.2) is 9.59 Å². The van der Waals surface area contributed by atoms with E-state index in [0.717, 1.165) is 21.2 Å². The second-order valence-electron chi connectivity index (χ2n) is 9.88. The van der Waals surface area contributed by atoms with Crippen LogP contribution >= 0.6 is 0 Å². The molecule has 0 bridgehead atoms. The summed E-state index contributed by atoms with van der Waals surface area (Å²) in [7, 11) is 0. The van der Waals surface area contributed by atoms with E-state index in [1.807, 2.05) is 56.3 Å². The molecule has 0 spiro atoms. The monoisotopic (exact) mass is 473 g/mol. The van der Waals surface area contributed by atoms with Crippen LogP contribution in [0, 0.1) is 5.92 Å². The lowest BCUT2D eigenvalue weighted by atomic mass is 10.0. The molecule has 0 saturated heterocycles. The van der Waals surface area contributed by atoms with Gasteiger partial charge in [0.2, 0.25) is 0 Å². The van der Waals surface area contributed by atoms with E-state index < -0.39 is 41.9 Å². The Morgan fingerprint density at radius 3 is 2.24 bits per heavy atom. The molecular formula is C25H35N3O6. The predicted molar refractivity (Wildman–Crippen MR) is 129 cm³/mol. The van der Waals surface area contributed by atoms with Crippen LogP contribution in [-0.4, -0.2) is 63.5 Å². The number of nitrogens with one attached hydrogen (secondary N) is 1. The van der Waals surface area contributed by atoms with Crippen molar-refractivity contribution < 1.29 is 29.3 Å². The molecule has 0 aliphatic carbocycles. The summed E-state index contributed by atoms with van der Waals surface area (Å²) in [4.78, 5) is 38.5. The van der Waals surface area contributed by atoms with E-state index in [2.05, 4.69) is 5.32 Å². The second kappa shape index (κ2) is 10.8. The summed E-state index contributed by atoms with van der Waals surface area (Å²) in [5, 5.41) is 24.5. The number of hydrogen-bond acceptors (Lipinski definition) is 6. The van der Waals surface area contributed by atoms with Gasteiger partial charge < -0.3 is 30.9 Å². The highest BCUT2D eigenvalue weighted by molar-refractivity contribution is 5.86. The van der Waals surface area contributed by atoms with Gasteiger partial charge in [0.25, 0.3) is 11.7 Å². The highest BCUT2D eigenvalue weighted by Crippen LogP contribution is 2.18. The Hall–Kier alpha value is -3.17. The van der Waals surface area contributed by atoms with Crippen LogP contribution in [0.1, 0.15) is 40.2 Å². The predicted octanol–water partition coefficient (Wildman–Crippen LogP) is 1.93. The maximum atomic E-state index is 13.1. The molecule has 9 nitrogen and oxygen atoms in total. The first-order chi connectivity index (χ1) is 15.7. The topological polar surface area (TPSA) is 142 Å². The molecule has 2 aromatic carbocycles. The number of carbonyl (C=O) groups is 3. The van der Waals surface area contributed by atoms with Crippen LogP contribution in [0.5, 0.6) is 0 Å². The summed E-state index contributed by atoms with van der Waals surface area (Å²) in [5.41, 5.74) is 5.07. The molecule has 9 heteroatoms. The van der Waals surface area contributed by atoms with Crippen molar-refractivity contribution in [3.8, 4) is 0 Å². The van der Waals surface area contributed by atoms with Gasteiger partial charge in [-0.2, -0.15) is 0 Å². The van der Waals surface area contributed by atoms with Crippen molar-refractivity contribution in [2.24, 2.45) is 11.7 Å².